The summed E-state index contributed by atoms with van der Waals surface area (Å²) in [7, 11) is -3.60. The molecule has 0 aliphatic heterocycles. The van der Waals surface area contributed by atoms with Gasteiger partial charge >= 0.3 is 10.2 Å². The van der Waals surface area contributed by atoms with E-state index in [1.807, 2.05) is 6.07 Å². The molecule has 0 bridgehead atoms. The molecule has 0 saturated heterocycles. The molecule has 0 aliphatic rings. The fourth-order valence-electron chi connectivity index (χ4n) is 1.55. The maximum atomic E-state index is 12.1. The molecule has 0 saturated carbocycles. The molecule has 0 aromatic heterocycles. The van der Waals surface area contributed by atoms with Crippen molar-refractivity contribution in [3.8, 4) is 11.8 Å². The second kappa shape index (κ2) is 6.97. The third-order valence-corrected chi connectivity index (χ3v) is 4.14. The minimum absolute atomic E-state index is 0.135. The molecule has 104 valence electrons. The number of nitriles is 1. The highest BCUT2D eigenvalue weighted by molar-refractivity contribution is 7.90. The van der Waals surface area contributed by atoms with Crippen LogP contribution in [0.15, 0.2) is 24.3 Å². The number of hydrogen-bond donors (Lipinski definition) is 1. The van der Waals surface area contributed by atoms with Gasteiger partial charge in [0.05, 0.1) is 5.69 Å². The lowest BCUT2D eigenvalue weighted by molar-refractivity contribution is 0.370. The SMILES string of the molecule is CCN(CC)S(=O)(=O)Nc1ccccc1OCC#N. The number of para-hydroxylation sites is 2. The number of nitrogens with zero attached hydrogens (tertiary/aromatic N) is 2. The summed E-state index contributed by atoms with van der Waals surface area (Å²) in [6.07, 6.45) is 0. The van der Waals surface area contributed by atoms with Gasteiger partial charge in [-0.2, -0.15) is 18.0 Å². The van der Waals surface area contributed by atoms with Crippen molar-refractivity contribution >= 4 is 15.9 Å². The van der Waals surface area contributed by atoms with Gasteiger partial charge in [0.2, 0.25) is 0 Å². The van der Waals surface area contributed by atoms with E-state index in [4.69, 9.17) is 10.00 Å². The van der Waals surface area contributed by atoms with E-state index in [1.54, 1.807) is 38.1 Å². The van der Waals surface area contributed by atoms with E-state index in [1.165, 1.54) is 4.31 Å². The van der Waals surface area contributed by atoms with Crippen LogP contribution in [-0.4, -0.2) is 32.4 Å². The summed E-state index contributed by atoms with van der Waals surface area (Å²) < 4.78 is 33.1. The van der Waals surface area contributed by atoms with Crippen molar-refractivity contribution in [1.82, 2.24) is 4.31 Å². The minimum atomic E-state index is -3.60. The summed E-state index contributed by atoms with van der Waals surface area (Å²) in [5.74, 6) is 0.333. The molecule has 6 nitrogen and oxygen atoms in total. The predicted molar refractivity (Wildman–Crippen MR) is 73.0 cm³/mol. The molecule has 0 heterocycles. The van der Waals surface area contributed by atoms with Gasteiger partial charge in [0.15, 0.2) is 6.61 Å². The Bertz CT molecular complexity index is 548. The maximum absolute atomic E-state index is 12.1. The smallest absolute Gasteiger partial charge is 0.301 e. The van der Waals surface area contributed by atoms with E-state index in [-0.39, 0.29) is 6.61 Å². The highest BCUT2D eigenvalue weighted by atomic mass is 32.2. The number of ether oxygens (including phenoxy) is 1. The first-order chi connectivity index (χ1) is 9.05. The van der Waals surface area contributed by atoms with E-state index in [0.717, 1.165) is 0 Å². The van der Waals surface area contributed by atoms with Gasteiger partial charge in [-0.3, -0.25) is 4.72 Å². The van der Waals surface area contributed by atoms with E-state index in [9.17, 15) is 8.42 Å². The minimum Gasteiger partial charge on any atom is -0.477 e. The van der Waals surface area contributed by atoms with Crippen LogP contribution in [0.5, 0.6) is 5.75 Å². The van der Waals surface area contributed by atoms with E-state index < -0.39 is 10.2 Å². The molecular weight excluding hydrogens is 266 g/mol. The Morgan fingerprint density at radius 1 is 1.32 bits per heavy atom. The first-order valence-corrected chi connectivity index (χ1v) is 7.35. The largest absolute Gasteiger partial charge is 0.477 e. The van der Waals surface area contributed by atoms with Crippen LogP contribution in [0.25, 0.3) is 0 Å². The summed E-state index contributed by atoms with van der Waals surface area (Å²) >= 11 is 0. The van der Waals surface area contributed by atoms with Crippen molar-refractivity contribution < 1.29 is 13.2 Å². The normalized spacial score (nSPS) is 11.1. The van der Waals surface area contributed by atoms with E-state index in [0.29, 0.717) is 24.5 Å². The molecule has 0 unspecified atom stereocenters. The topological polar surface area (TPSA) is 82.4 Å². The first-order valence-electron chi connectivity index (χ1n) is 5.91. The molecule has 0 amide bonds. The standard InChI is InChI=1S/C12H17N3O3S/c1-3-15(4-2)19(16,17)14-11-7-5-6-8-12(11)18-10-9-13/h5-8,14H,3-4,10H2,1-2H3. The zero-order chi connectivity index (χ0) is 14.3. The molecule has 0 fully saturated rings. The van der Waals surface area contributed by atoms with Crippen molar-refractivity contribution in [3.63, 3.8) is 0 Å². The van der Waals surface area contributed by atoms with Gasteiger partial charge in [0.1, 0.15) is 11.8 Å². The van der Waals surface area contributed by atoms with Crippen LogP contribution < -0.4 is 9.46 Å². The zero-order valence-corrected chi connectivity index (χ0v) is 11.8. The van der Waals surface area contributed by atoms with Gasteiger partial charge in [-0.25, -0.2) is 0 Å². The van der Waals surface area contributed by atoms with Crippen molar-refractivity contribution in [2.45, 2.75) is 13.8 Å². The van der Waals surface area contributed by atoms with Crippen LogP contribution in [0.2, 0.25) is 0 Å². The van der Waals surface area contributed by atoms with Gasteiger partial charge in [0.25, 0.3) is 0 Å². The molecule has 1 N–H and O–H groups in total. The maximum Gasteiger partial charge on any atom is 0.301 e. The highest BCUT2D eigenvalue weighted by Gasteiger charge is 2.19. The number of benzene rings is 1. The molecular formula is C12H17N3O3S. The van der Waals surface area contributed by atoms with Gasteiger partial charge < -0.3 is 4.74 Å². The number of anilines is 1. The zero-order valence-electron chi connectivity index (χ0n) is 11.0. The molecule has 1 rings (SSSR count). The van der Waals surface area contributed by atoms with Gasteiger partial charge in [-0.15, -0.1) is 0 Å². The second-order valence-corrected chi connectivity index (χ2v) is 5.30. The van der Waals surface area contributed by atoms with Crippen LogP contribution in [0, 0.1) is 11.3 Å². The predicted octanol–water partition coefficient (Wildman–Crippen LogP) is 1.59. The van der Waals surface area contributed by atoms with Crippen LogP contribution in [-0.2, 0) is 10.2 Å². The highest BCUT2D eigenvalue weighted by Crippen LogP contribution is 2.25. The monoisotopic (exact) mass is 283 g/mol. The summed E-state index contributed by atoms with van der Waals surface area (Å²) in [5, 5.41) is 8.49. The van der Waals surface area contributed by atoms with Crippen LogP contribution in [0.4, 0.5) is 5.69 Å². The Kier molecular flexibility index (Phi) is 5.60. The molecule has 0 aliphatic carbocycles. The summed E-state index contributed by atoms with van der Waals surface area (Å²) in [4.78, 5) is 0. The Morgan fingerprint density at radius 2 is 1.95 bits per heavy atom. The molecule has 0 spiro atoms. The average Bonchev–Trinajstić information content (AvgIpc) is 2.38. The quantitative estimate of drug-likeness (QED) is 0.823. The van der Waals surface area contributed by atoms with Crippen molar-refractivity contribution in [2.24, 2.45) is 0 Å². The van der Waals surface area contributed by atoms with E-state index >= 15 is 0 Å². The van der Waals surface area contributed by atoms with Crippen molar-refractivity contribution in [2.75, 3.05) is 24.4 Å². The Hall–Kier alpha value is -1.78. The second-order valence-electron chi connectivity index (χ2n) is 3.63. The molecule has 0 atom stereocenters. The van der Waals surface area contributed by atoms with Crippen LogP contribution in [0.3, 0.4) is 0 Å². The van der Waals surface area contributed by atoms with Crippen LogP contribution in [0.1, 0.15) is 13.8 Å². The molecule has 19 heavy (non-hydrogen) atoms. The molecule has 1 aromatic carbocycles. The Labute approximate surface area is 113 Å². The number of rotatable bonds is 7. The fourth-order valence-corrected chi connectivity index (χ4v) is 2.81. The average molecular weight is 283 g/mol. The molecule has 1 aromatic rings. The lowest BCUT2D eigenvalue weighted by Crippen LogP contribution is -2.35. The Morgan fingerprint density at radius 3 is 2.53 bits per heavy atom. The van der Waals surface area contributed by atoms with Crippen LogP contribution >= 0.6 is 0 Å². The van der Waals surface area contributed by atoms with Crippen molar-refractivity contribution in [3.05, 3.63) is 24.3 Å². The summed E-state index contributed by atoms with van der Waals surface area (Å²) in [6.45, 7) is 4.16. The van der Waals surface area contributed by atoms with Crippen molar-refractivity contribution in [1.29, 1.82) is 5.26 Å². The lowest BCUT2D eigenvalue weighted by atomic mass is 10.3. The third kappa shape index (κ3) is 4.12. The lowest BCUT2D eigenvalue weighted by Gasteiger charge is -2.20. The first kappa shape index (κ1) is 15.3. The van der Waals surface area contributed by atoms with Gasteiger partial charge in [-0.05, 0) is 12.1 Å². The molecule has 0 radical (unpaired) electrons. The molecule has 7 heteroatoms. The summed E-state index contributed by atoms with van der Waals surface area (Å²) in [5.41, 5.74) is 0.324. The number of hydrogen-bond acceptors (Lipinski definition) is 4. The number of nitrogens with one attached hydrogen (secondary N) is 1. The van der Waals surface area contributed by atoms with Gasteiger partial charge in [0, 0.05) is 13.1 Å². The Balaban J connectivity index is 2.96. The third-order valence-electron chi connectivity index (χ3n) is 2.46. The van der Waals surface area contributed by atoms with E-state index in [2.05, 4.69) is 4.72 Å². The summed E-state index contributed by atoms with van der Waals surface area (Å²) in [6, 6.07) is 8.45. The van der Waals surface area contributed by atoms with Gasteiger partial charge in [-0.1, -0.05) is 26.0 Å². The fraction of sp³-hybridized carbons (Fsp3) is 0.417.